The molecule has 0 atom stereocenters. The predicted molar refractivity (Wildman–Crippen MR) is 78.3 cm³/mol. The van der Waals surface area contributed by atoms with Crippen molar-refractivity contribution in [3.63, 3.8) is 0 Å². The number of hydrogen-bond donors (Lipinski definition) is 2. The fraction of sp³-hybridized carbons (Fsp3) is 0.533. The number of ether oxygens (including phenoxy) is 2. The highest BCUT2D eigenvalue weighted by Crippen LogP contribution is 2.28. The minimum absolute atomic E-state index is 0.0375. The summed E-state index contributed by atoms with van der Waals surface area (Å²) in [5.41, 5.74) is 6.13. The van der Waals surface area contributed by atoms with Gasteiger partial charge in [-0.1, -0.05) is 26.2 Å². The van der Waals surface area contributed by atoms with Crippen LogP contribution in [0.2, 0.25) is 0 Å². The molecule has 0 bridgehead atoms. The molecule has 0 aliphatic carbocycles. The summed E-state index contributed by atoms with van der Waals surface area (Å²) in [6.45, 7) is 5.37. The summed E-state index contributed by atoms with van der Waals surface area (Å²) in [5, 5.41) is 7.43. The van der Waals surface area contributed by atoms with Crippen LogP contribution in [-0.4, -0.2) is 19.0 Å². The van der Waals surface area contributed by atoms with Gasteiger partial charge in [-0.25, -0.2) is 0 Å². The zero-order chi connectivity index (χ0) is 14.1. The van der Waals surface area contributed by atoms with Crippen LogP contribution in [0.1, 0.15) is 45.1 Å². The lowest BCUT2D eigenvalue weighted by atomic mass is 10.2. The molecule has 1 rings (SSSR count). The molecule has 0 amide bonds. The summed E-state index contributed by atoms with van der Waals surface area (Å²) in [6, 6.07) is 5.36. The number of benzene rings is 1. The highest BCUT2D eigenvalue weighted by Gasteiger charge is 2.07. The van der Waals surface area contributed by atoms with Gasteiger partial charge in [0, 0.05) is 5.56 Å². The molecule has 0 aliphatic heterocycles. The standard InChI is InChI=1S/C15H24N2O2/c1-3-5-6-7-10-19-13-9-8-12(15(16)17)11-14(13)18-4-2/h8-9,11H,3-7,10H2,1-2H3,(H3,16,17). The predicted octanol–water partition coefficient (Wildman–Crippen LogP) is 3.33. The maximum Gasteiger partial charge on any atom is 0.161 e. The van der Waals surface area contributed by atoms with Gasteiger partial charge < -0.3 is 15.2 Å². The maximum absolute atomic E-state index is 7.43. The Labute approximate surface area is 115 Å². The number of rotatable bonds is 9. The van der Waals surface area contributed by atoms with E-state index in [0.29, 0.717) is 24.5 Å². The maximum atomic E-state index is 7.43. The quantitative estimate of drug-likeness (QED) is 0.408. The van der Waals surface area contributed by atoms with Gasteiger partial charge in [-0.15, -0.1) is 0 Å². The number of amidine groups is 1. The van der Waals surface area contributed by atoms with Crippen molar-refractivity contribution >= 4 is 5.84 Å². The van der Waals surface area contributed by atoms with Gasteiger partial charge in [-0.2, -0.15) is 0 Å². The first kappa shape index (κ1) is 15.3. The van der Waals surface area contributed by atoms with E-state index >= 15 is 0 Å². The van der Waals surface area contributed by atoms with E-state index in [9.17, 15) is 0 Å². The Morgan fingerprint density at radius 1 is 1.11 bits per heavy atom. The van der Waals surface area contributed by atoms with Crippen molar-refractivity contribution in [3.05, 3.63) is 23.8 Å². The Bertz CT molecular complexity index is 405. The minimum Gasteiger partial charge on any atom is -0.490 e. The molecule has 1 aromatic carbocycles. The van der Waals surface area contributed by atoms with Crippen LogP contribution in [0, 0.1) is 5.41 Å². The van der Waals surface area contributed by atoms with Crippen molar-refractivity contribution in [2.75, 3.05) is 13.2 Å². The van der Waals surface area contributed by atoms with Crippen LogP contribution >= 0.6 is 0 Å². The highest BCUT2D eigenvalue weighted by atomic mass is 16.5. The summed E-state index contributed by atoms with van der Waals surface area (Å²) in [4.78, 5) is 0. The number of unbranched alkanes of at least 4 members (excludes halogenated alkanes) is 3. The van der Waals surface area contributed by atoms with Crippen molar-refractivity contribution < 1.29 is 9.47 Å². The van der Waals surface area contributed by atoms with Crippen LogP contribution in [0.25, 0.3) is 0 Å². The second-order valence-electron chi connectivity index (χ2n) is 4.42. The third kappa shape index (κ3) is 5.20. The molecule has 19 heavy (non-hydrogen) atoms. The van der Waals surface area contributed by atoms with Crippen LogP contribution in [0.4, 0.5) is 0 Å². The average Bonchev–Trinajstić information content (AvgIpc) is 2.40. The van der Waals surface area contributed by atoms with E-state index in [1.807, 2.05) is 13.0 Å². The molecule has 0 unspecified atom stereocenters. The largest absolute Gasteiger partial charge is 0.490 e. The van der Waals surface area contributed by atoms with Gasteiger partial charge in [0.05, 0.1) is 13.2 Å². The Kier molecular flexibility index (Phi) is 6.79. The third-order valence-corrected chi connectivity index (χ3v) is 2.81. The van der Waals surface area contributed by atoms with Crippen molar-refractivity contribution in [3.8, 4) is 11.5 Å². The summed E-state index contributed by atoms with van der Waals surface area (Å²) < 4.78 is 11.3. The molecule has 0 aliphatic rings. The molecule has 0 aromatic heterocycles. The summed E-state index contributed by atoms with van der Waals surface area (Å²) >= 11 is 0. The molecule has 0 heterocycles. The monoisotopic (exact) mass is 264 g/mol. The lowest BCUT2D eigenvalue weighted by molar-refractivity contribution is 0.270. The molecular formula is C15H24N2O2. The van der Waals surface area contributed by atoms with Gasteiger partial charge in [0.25, 0.3) is 0 Å². The topological polar surface area (TPSA) is 68.3 Å². The van der Waals surface area contributed by atoms with Crippen molar-refractivity contribution in [2.24, 2.45) is 5.73 Å². The van der Waals surface area contributed by atoms with Crippen molar-refractivity contribution in [1.82, 2.24) is 0 Å². The number of nitrogens with two attached hydrogens (primary N) is 1. The molecule has 1 aromatic rings. The second-order valence-corrected chi connectivity index (χ2v) is 4.42. The normalized spacial score (nSPS) is 10.2. The van der Waals surface area contributed by atoms with Gasteiger partial charge in [0.15, 0.2) is 11.5 Å². The van der Waals surface area contributed by atoms with Crippen LogP contribution in [-0.2, 0) is 0 Å². The molecule has 0 fully saturated rings. The molecule has 0 saturated carbocycles. The van der Waals surface area contributed by atoms with Gasteiger partial charge in [0.1, 0.15) is 5.84 Å². The first-order valence-electron chi connectivity index (χ1n) is 6.93. The average molecular weight is 264 g/mol. The molecule has 3 N–H and O–H groups in total. The SMILES string of the molecule is CCCCCCOc1ccc(C(=N)N)cc1OCC. The second kappa shape index (κ2) is 8.40. The van der Waals surface area contributed by atoms with Gasteiger partial charge in [-0.05, 0) is 31.5 Å². The van der Waals surface area contributed by atoms with Crippen molar-refractivity contribution in [2.45, 2.75) is 39.5 Å². The first-order chi connectivity index (χ1) is 9.19. The lowest BCUT2D eigenvalue weighted by Crippen LogP contribution is -2.11. The minimum atomic E-state index is 0.0375. The zero-order valence-corrected chi connectivity index (χ0v) is 11.9. The Morgan fingerprint density at radius 3 is 2.53 bits per heavy atom. The van der Waals surface area contributed by atoms with Gasteiger partial charge in [0.2, 0.25) is 0 Å². The lowest BCUT2D eigenvalue weighted by Gasteiger charge is -2.13. The van der Waals surface area contributed by atoms with Crippen LogP contribution in [0.3, 0.4) is 0 Å². The molecule has 4 nitrogen and oxygen atoms in total. The highest BCUT2D eigenvalue weighted by molar-refractivity contribution is 5.95. The summed E-state index contributed by atoms with van der Waals surface area (Å²) in [7, 11) is 0. The summed E-state index contributed by atoms with van der Waals surface area (Å²) in [6.07, 6.45) is 4.70. The van der Waals surface area contributed by atoms with E-state index in [4.69, 9.17) is 20.6 Å². The molecule has 0 radical (unpaired) electrons. The molecule has 4 heteroatoms. The smallest absolute Gasteiger partial charge is 0.161 e. The molecule has 0 saturated heterocycles. The third-order valence-electron chi connectivity index (χ3n) is 2.81. The number of nitrogens with one attached hydrogen (secondary N) is 1. The molecule has 0 spiro atoms. The van der Waals surface area contributed by atoms with Crippen LogP contribution in [0.15, 0.2) is 18.2 Å². The van der Waals surface area contributed by atoms with E-state index in [-0.39, 0.29) is 5.84 Å². The fourth-order valence-electron chi connectivity index (χ4n) is 1.77. The van der Waals surface area contributed by atoms with E-state index in [2.05, 4.69) is 6.92 Å². The van der Waals surface area contributed by atoms with Gasteiger partial charge >= 0.3 is 0 Å². The van der Waals surface area contributed by atoms with E-state index in [1.54, 1.807) is 12.1 Å². The van der Waals surface area contributed by atoms with Crippen LogP contribution in [0.5, 0.6) is 11.5 Å². The van der Waals surface area contributed by atoms with E-state index in [0.717, 1.165) is 12.2 Å². The van der Waals surface area contributed by atoms with Gasteiger partial charge in [-0.3, -0.25) is 5.41 Å². The Morgan fingerprint density at radius 2 is 1.89 bits per heavy atom. The van der Waals surface area contributed by atoms with E-state index < -0.39 is 0 Å². The summed E-state index contributed by atoms with van der Waals surface area (Å²) in [5.74, 6) is 1.42. The molecular weight excluding hydrogens is 240 g/mol. The van der Waals surface area contributed by atoms with Crippen molar-refractivity contribution in [1.29, 1.82) is 5.41 Å². The Hall–Kier alpha value is -1.71. The van der Waals surface area contributed by atoms with Crippen LogP contribution < -0.4 is 15.2 Å². The zero-order valence-electron chi connectivity index (χ0n) is 11.9. The first-order valence-corrected chi connectivity index (χ1v) is 6.93. The van der Waals surface area contributed by atoms with E-state index in [1.165, 1.54) is 19.3 Å². The Balaban J connectivity index is 2.62. The number of nitrogen functional groups attached to an aromatic ring is 1. The fourth-order valence-corrected chi connectivity index (χ4v) is 1.77. The molecule has 106 valence electrons. The number of hydrogen-bond acceptors (Lipinski definition) is 3.